The normalized spacial score (nSPS) is 12.2. The summed E-state index contributed by atoms with van der Waals surface area (Å²) in [5, 5.41) is 39.4. The third kappa shape index (κ3) is 11.0. The van der Waals surface area contributed by atoms with Crippen molar-refractivity contribution in [3.8, 4) is 23.0 Å². The van der Waals surface area contributed by atoms with Gasteiger partial charge in [-0.05, 0) is 69.8 Å². The van der Waals surface area contributed by atoms with Crippen LogP contribution in [0.15, 0.2) is 170 Å². The summed E-state index contributed by atoms with van der Waals surface area (Å²) in [6.45, 7) is 0. The number of rotatable bonds is 15. The lowest BCUT2D eigenvalue weighted by atomic mass is 10.0. The Bertz CT molecular complexity index is 2210. The van der Waals surface area contributed by atoms with E-state index in [1.54, 1.807) is 121 Å². The SMILES string of the molecule is O=C(C=Cc1ccc(O)c(O)c1)O[C@@H](C(=O)OC(c1ccccc1)c1ccccc1)[C@@H](OC(=O)C=Cc1ccc(O)c(O)c1)C(=O)OC(c1ccccc1)c1ccccc1. The lowest BCUT2D eigenvalue weighted by Crippen LogP contribution is -2.47. The summed E-state index contributed by atoms with van der Waals surface area (Å²) < 4.78 is 23.4. The first-order valence-corrected chi connectivity index (χ1v) is 18.5. The van der Waals surface area contributed by atoms with Gasteiger partial charge in [0.15, 0.2) is 35.2 Å². The van der Waals surface area contributed by atoms with Gasteiger partial charge in [0.2, 0.25) is 12.2 Å². The van der Waals surface area contributed by atoms with E-state index in [2.05, 4.69) is 0 Å². The van der Waals surface area contributed by atoms with Crippen molar-refractivity contribution in [1.82, 2.24) is 0 Å². The van der Waals surface area contributed by atoms with Gasteiger partial charge < -0.3 is 39.4 Å². The van der Waals surface area contributed by atoms with Crippen molar-refractivity contribution in [3.63, 3.8) is 0 Å². The number of phenols is 4. The Morgan fingerprint density at radius 2 is 0.683 bits per heavy atom. The molecule has 302 valence electrons. The van der Waals surface area contributed by atoms with Gasteiger partial charge in [-0.15, -0.1) is 0 Å². The van der Waals surface area contributed by atoms with E-state index in [0.29, 0.717) is 22.3 Å². The molecule has 4 N–H and O–H groups in total. The molecule has 0 spiro atoms. The Kier molecular flexibility index (Phi) is 13.7. The number of carbonyl (C=O) groups is 4. The molecule has 0 aliphatic rings. The number of hydrogen-bond donors (Lipinski definition) is 4. The van der Waals surface area contributed by atoms with Crippen molar-refractivity contribution in [1.29, 1.82) is 0 Å². The predicted octanol–water partition coefficient (Wildman–Crippen LogP) is 7.72. The summed E-state index contributed by atoms with van der Waals surface area (Å²) in [7, 11) is 0. The number of esters is 4. The van der Waals surface area contributed by atoms with Crippen LogP contribution in [0.25, 0.3) is 12.2 Å². The first kappa shape index (κ1) is 41.5. The number of benzene rings is 6. The minimum absolute atomic E-state index is 0.260. The summed E-state index contributed by atoms with van der Waals surface area (Å²) in [5.74, 6) is -6.66. The van der Waals surface area contributed by atoms with Gasteiger partial charge in [0.1, 0.15) is 0 Å². The molecule has 6 rings (SSSR count). The fourth-order valence-electron chi connectivity index (χ4n) is 5.95. The van der Waals surface area contributed by atoms with Crippen LogP contribution in [0.5, 0.6) is 23.0 Å². The number of phenolic OH excluding ortho intramolecular Hbond substituents is 4. The van der Waals surface area contributed by atoms with Crippen molar-refractivity contribution in [2.45, 2.75) is 24.4 Å². The fourth-order valence-corrected chi connectivity index (χ4v) is 5.95. The molecule has 0 radical (unpaired) electrons. The van der Waals surface area contributed by atoms with E-state index < -0.39 is 71.3 Å². The molecule has 0 amide bonds. The Balaban J connectivity index is 1.41. The number of hydrogen-bond acceptors (Lipinski definition) is 12. The lowest BCUT2D eigenvalue weighted by Gasteiger charge is -2.28. The molecule has 0 bridgehead atoms. The van der Waals surface area contributed by atoms with Crippen LogP contribution in [-0.4, -0.2) is 56.5 Å². The van der Waals surface area contributed by atoms with E-state index in [4.69, 9.17) is 18.9 Å². The standard InChI is InChI=1S/C48H38O12/c49-37-25-21-31(29-39(37)51)23-27-41(53)57-45(47(55)59-43(33-13-5-1-6-14-33)34-15-7-2-8-16-34)46(58-42(54)28-24-32-22-26-38(50)40(52)30-32)48(56)60-44(35-17-9-3-10-18-35)36-19-11-4-12-20-36/h1-30,43-46,49-52H/t45-,46-/m1/s1. The van der Waals surface area contributed by atoms with Gasteiger partial charge in [-0.1, -0.05) is 133 Å². The number of aromatic hydroxyl groups is 4. The Morgan fingerprint density at radius 3 is 0.967 bits per heavy atom. The van der Waals surface area contributed by atoms with Gasteiger partial charge in [0, 0.05) is 12.2 Å². The lowest BCUT2D eigenvalue weighted by molar-refractivity contribution is -0.191. The van der Waals surface area contributed by atoms with E-state index in [0.717, 1.165) is 12.2 Å². The molecule has 0 aliphatic carbocycles. The average molecular weight is 807 g/mol. The Morgan fingerprint density at radius 1 is 0.383 bits per heavy atom. The summed E-state index contributed by atoms with van der Waals surface area (Å²) >= 11 is 0. The summed E-state index contributed by atoms with van der Waals surface area (Å²) in [5.41, 5.74) is 2.63. The maximum absolute atomic E-state index is 14.5. The van der Waals surface area contributed by atoms with Crippen LogP contribution in [0.4, 0.5) is 0 Å². The van der Waals surface area contributed by atoms with Gasteiger partial charge in [-0.2, -0.15) is 0 Å². The fraction of sp³-hybridized carbons (Fsp3) is 0.0833. The minimum atomic E-state index is -2.28. The molecule has 2 atom stereocenters. The number of carbonyl (C=O) groups excluding carboxylic acids is 4. The van der Waals surface area contributed by atoms with Gasteiger partial charge in [-0.25, -0.2) is 19.2 Å². The molecule has 0 aromatic heterocycles. The van der Waals surface area contributed by atoms with Crippen molar-refractivity contribution >= 4 is 36.0 Å². The van der Waals surface area contributed by atoms with E-state index >= 15 is 0 Å². The highest BCUT2D eigenvalue weighted by atomic mass is 16.6. The first-order valence-electron chi connectivity index (χ1n) is 18.5. The summed E-state index contributed by atoms with van der Waals surface area (Å²) in [6.07, 6.45) is -2.50. The molecule has 12 nitrogen and oxygen atoms in total. The molecule has 6 aromatic rings. The van der Waals surface area contributed by atoms with Crippen LogP contribution >= 0.6 is 0 Å². The quantitative estimate of drug-likeness (QED) is 0.0343. The van der Waals surface area contributed by atoms with E-state index in [1.165, 1.54) is 48.6 Å². The highest BCUT2D eigenvalue weighted by Crippen LogP contribution is 2.31. The summed E-state index contributed by atoms with van der Waals surface area (Å²) in [6, 6.07) is 42.2. The third-order valence-electron chi connectivity index (χ3n) is 8.93. The highest BCUT2D eigenvalue weighted by Gasteiger charge is 2.44. The van der Waals surface area contributed by atoms with E-state index in [9.17, 15) is 39.6 Å². The third-order valence-corrected chi connectivity index (χ3v) is 8.93. The van der Waals surface area contributed by atoms with Crippen molar-refractivity contribution in [2.24, 2.45) is 0 Å². The molecule has 0 heterocycles. The van der Waals surface area contributed by atoms with Crippen LogP contribution in [0, 0.1) is 0 Å². The average Bonchev–Trinajstić information content (AvgIpc) is 3.27. The molecular weight excluding hydrogens is 769 g/mol. The minimum Gasteiger partial charge on any atom is -0.504 e. The maximum atomic E-state index is 14.5. The predicted molar refractivity (Wildman–Crippen MR) is 219 cm³/mol. The highest BCUT2D eigenvalue weighted by molar-refractivity contribution is 5.95. The van der Waals surface area contributed by atoms with E-state index in [1.807, 2.05) is 0 Å². The maximum Gasteiger partial charge on any atom is 0.353 e. The van der Waals surface area contributed by atoms with Crippen LogP contribution < -0.4 is 0 Å². The second-order valence-corrected chi connectivity index (χ2v) is 13.2. The largest absolute Gasteiger partial charge is 0.504 e. The van der Waals surface area contributed by atoms with Gasteiger partial charge >= 0.3 is 23.9 Å². The van der Waals surface area contributed by atoms with Gasteiger partial charge in [-0.3, -0.25) is 0 Å². The van der Waals surface area contributed by atoms with Gasteiger partial charge in [0.25, 0.3) is 0 Å². The van der Waals surface area contributed by atoms with Crippen molar-refractivity contribution in [2.75, 3.05) is 0 Å². The zero-order valence-electron chi connectivity index (χ0n) is 31.7. The molecule has 12 heteroatoms. The molecule has 6 aromatic carbocycles. The zero-order chi connectivity index (χ0) is 42.4. The molecule has 0 aliphatic heterocycles. The second-order valence-electron chi connectivity index (χ2n) is 13.2. The monoisotopic (exact) mass is 806 g/mol. The topological polar surface area (TPSA) is 186 Å². The molecule has 0 saturated carbocycles. The second kappa shape index (κ2) is 19.8. The molecule has 60 heavy (non-hydrogen) atoms. The van der Waals surface area contributed by atoms with E-state index in [-0.39, 0.29) is 11.1 Å². The molecule has 0 fully saturated rings. The van der Waals surface area contributed by atoms with Crippen LogP contribution in [0.2, 0.25) is 0 Å². The number of ether oxygens (including phenoxy) is 4. The zero-order valence-corrected chi connectivity index (χ0v) is 31.7. The van der Waals surface area contributed by atoms with Crippen LogP contribution in [0.1, 0.15) is 45.6 Å². The molecular formula is C48H38O12. The first-order chi connectivity index (χ1) is 29.0. The Hall–Kier alpha value is -8.12. The van der Waals surface area contributed by atoms with Gasteiger partial charge in [0.05, 0.1) is 0 Å². The smallest absolute Gasteiger partial charge is 0.353 e. The molecule has 0 unspecified atom stereocenters. The van der Waals surface area contributed by atoms with Crippen LogP contribution in [-0.2, 0) is 38.1 Å². The van der Waals surface area contributed by atoms with Crippen LogP contribution in [0.3, 0.4) is 0 Å². The van der Waals surface area contributed by atoms with Crippen molar-refractivity contribution < 1.29 is 58.6 Å². The molecule has 0 saturated heterocycles. The summed E-state index contributed by atoms with van der Waals surface area (Å²) in [4.78, 5) is 56.2. The Labute approximate surface area is 344 Å². The van der Waals surface area contributed by atoms with Crippen molar-refractivity contribution in [3.05, 3.63) is 203 Å².